The number of hydrogen-bond acceptors (Lipinski definition) is 5. The topological polar surface area (TPSA) is 58.1 Å². The van der Waals surface area contributed by atoms with Crippen molar-refractivity contribution in [1.82, 2.24) is 15.1 Å². The average molecular weight is 228 g/mol. The van der Waals surface area contributed by atoms with Gasteiger partial charge in [0.1, 0.15) is 0 Å². The lowest BCUT2D eigenvalue weighted by Crippen LogP contribution is -2.26. The molecule has 0 aliphatic carbocycles. The Bertz CT molecular complexity index is 326. The third-order valence-corrected chi connectivity index (χ3v) is 2.82. The number of anilines is 1. The lowest BCUT2D eigenvalue weighted by molar-refractivity contribution is 0.0801. The van der Waals surface area contributed by atoms with Gasteiger partial charge in [-0.1, -0.05) is 18.3 Å². The highest BCUT2D eigenvalue weighted by Crippen LogP contribution is 2.16. The van der Waals surface area contributed by atoms with E-state index in [1.807, 2.05) is 6.92 Å². The summed E-state index contributed by atoms with van der Waals surface area (Å²) in [6.07, 6.45) is 1.03. The maximum atomic E-state index is 11.7. The predicted octanol–water partition coefficient (Wildman–Crippen LogP) is 1.45. The van der Waals surface area contributed by atoms with Crippen molar-refractivity contribution < 1.29 is 4.79 Å². The Morgan fingerprint density at radius 3 is 2.80 bits per heavy atom. The van der Waals surface area contributed by atoms with Crippen LogP contribution < -0.4 is 5.32 Å². The minimum atomic E-state index is -0.0699. The molecular formula is C9H16N4OS. The normalized spacial score (nSPS) is 10.1. The van der Waals surface area contributed by atoms with Gasteiger partial charge in [-0.05, 0) is 13.3 Å². The first-order valence-electron chi connectivity index (χ1n) is 5.01. The van der Waals surface area contributed by atoms with E-state index >= 15 is 0 Å². The molecule has 0 aliphatic heterocycles. The fraction of sp³-hybridized carbons (Fsp3) is 0.667. The first-order chi connectivity index (χ1) is 7.19. The van der Waals surface area contributed by atoms with Crippen molar-refractivity contribution in [2.75, 3.05) is 25.5 Å². The van der Waals surface area contributed by atoms with Gasteiger partial charge in [-0.3, -0.25) is 4.79 Å². The highest BCUT2D eigenvalue weighted by molar-refractivity contribution is 7.17. The lowest BCUT2D eigenvalue weighted by atomic mass is 10.5. The molecule has 5 nitrogen and oxygen atoms in total. The second-order valence-corrected chi connectivity index (χ2v) is 4.14. The zero-order valence-electron chi connectivity index (χ0n) is 9.28. The third-order valence-electron chi connectivity index (χ3n) is 1.96. The lowest BCUT2D eigenvalue weighted by Gasteiger charge is -2.10. The molecule has 0 unspecified atom stereocenters. The van der Waals surface area contributed by atoms with Crippen LogP contribution in [-0.2, 0) is 0 Å². The van der Waals surface area contributed by atoms with E-state index < -0.39 is 0 Å². The number of aromatic nitrogens is 2. The van der Waals surface area contributed by atoms with E-state index in [2.05, 4.69) is 22.4 Å². The summed E-state index contributed by atoms with van der Waals surface area (Å²) in [5.41, 5.74) is 0. The van der Waals surface area contributed by atoms with Gasteiger partial charge in [0.05, 0.1) is 0 Å². The average Bonchev–Trinajstić information content (AvgIpc) is 2.72. The summed E-state index contributed by atoms with van der Waals surface area (Å²) < 4.78 is 0. The molecule has 1 aromatic heterocycles. The number of hydrogen-bond donors (Lipinski definition) is 1. The van der Waals surface area contributed by atoms with E-state index in [4.69, 9.17) is 0 Å². The first-order valence-corrected chi connectivity index (χ1v) is 5.83. The maximum absolute atomic E-state index is 11.7. The second kappa shape index (κ2) is 5.65. The molecule has 0 aromatic carbocycles. The first kappa shape index (κ1) is 11.9. The molecule has 0 saturated carbocycles. The molecule has 0 aliphatic rings. The monoisotopic (exact) mass is 228 g/mol. The molecular weight excluding hydrogens is 212 g/mol. The molecule has 0 atom stereocenters. The molecule has 1 heterocycles. The van der Waals surface area contributed by atoms with Crippen LogP contribution in [0, 0.1) is 0 Å². The molecule has 84 valence electrons. The van der Waals surface area contributed by atoms with Crippen molar-refractivity contribution >= 4 is 22.4 Å². The van der Waals surface area contributed by atoms with Crippen LogP contribution in [0.4, 0.5) is 5.13 Å². The molecule has 0 radical (unpaired) electrons. The summed E-state index contributed by atoms with van der Waals surface area (Å²) in [4.78, 5) is 13.3. The molecule has 1 aromatic rings. The zero-order valence-corrected chi connectivity index (χ0v) is 10.1. The SMILES string of the molecule is CCCNc1nnc(C(=O)N(C)CC)s1. The van der Waals surface area contributed by atoms with E-state index in [1.54, 1.807) is 11.9 Å². The molecule has 0 spiro atoms. The van der Waals surface area contributed by atoms with E-state index in [0.717, 1.165) is 13.0 Å². The number of rotatable bonds is 5. The Morgan fingerprint density at radius 1 is 1.47 bits per heavy atom. The molecule has 0 fully saturated rings. The molecule has 1 amide bonds. The van der Waals surface area contributed by atoms with Crippen molar-refractivity contribution in [3.05, 3.63) is 5.01 Å². The van der Waals surface area contributed by atoms with Gasteiger partial charge in [-0.25, -0.2) is 0 Å². The highest BCUT2D eigenvalue weighted by atomic mass is 32.1. The van der Waals surface area contributed by atoms with Crippen molar-refractivity contribution in [3.63, 3.8) is 0 Å². The van der Waals surface area contributed by atoms with E-state index in [9.17, 15) is 4.79 Å². The van der Waals surface area contributed by atoms with E-state index in [1.165, 1.54) is 11.3 Å². The van der Waals surface area contributed by atoms with Gasteiger partial charge < -0.3 is 10.2 Å². The van der Waals surface area contributed by atoms with Gasteiger partial charge in [0.25, 0.3) is 5.91 Å². The van der Waals surface area contributed by atoms with Crippen molar-refractivity contribution in [2.24, 2.45) is 0 Å². The van der Waals surface area contributed by atoms with Gasteiger partial charge >= 0.3 is 0 Å². The van der Waals surface area contributed by atoms with Crippen LogP contribution in [0.2, 0.25) is 0 Å². The number of amides is 1. The van der Waals surface area contributed by atoms with Crippen LogP contribution in [0.3, 0.4) is 0 Å². The summed E-state index contributed by atoms with van der Waals surface area (Å²) in [6, 6.07) is 0. The third kappa shape index (κ3) is 3.16. The minimum Gasteiger partial charge on any atom is -0.360 e. The number of nitrogens with zero attached hydrogens (tertiary/aromatic N) is 3. The molecule has 1 N–H and O–H groups in total. The standard InChI is InChI=1S/C9H16N4OS/c1-4-6-10-9-12-11-7(15-9)8(14)13(3)5-2/h4-6H2,1-3H3,(H,10,12). The van der Waals surface area contributed by atoms with E-state index in [0.29, 0.717) is 16.7 Å². The van der Waals surface area contributed by atoms with Crippen molar-refractivity contribution in [3.8, 4) is 0 Å². The fourth-order valence-corrected chi connectivity index (χ4v) is 1.68. The van der Waals surface area contributed by atoms with Gasteiger partial charge in [-0.15, -0.1) is 10.2 Å². The van der Waals surface area contributed by atoms with Crippen LogP contribution in [0.5, 0.6) is 0 Å². The number of carbonyl (C=O) groups excluding carboxylic acids is 1. The summed E-state index contributed by atoms with van der Waals surface area (Å²) >= 11 is 1.30. The fourth-order valence-electron chi connectivity index (χ4n) is 0.920. The quantitative estimate of drug-likeness (QED) is 0.828. The summed E-state index contributed by atoms with van der Waals surface area (Å²) in [7, 11) is 1.75. The van der Waals surface area contributed by atoms with Crippen LogP contribution in [-0.4, -0.2) is 41.1 Å². The smallest absolute Gasteiger partial charge is 0.284 e. The molecule has 0 bridgehead atoms. The van der Waals surface area contributed by atoms with E-state index in [-0.39, 0.29) is 5.91 Å². The summed E-state index contributed by atoms with van der Waals surface area (Å²) in [5.74, 6) is -0.0699. The summed E-state index contributed by atoms with van der Waals surface area (Å²) in [6.45, 7) is 5.53. The highest BCUT2D eigenvalue weighted by Gasteiger charge is 2.15. The van der Waals surface area contributed by atoms with Crippen LogP contribution >= 0.6 is 11.3 Å². The van der Waals surface area contributed by atoms with Gasteiger partial charge in [0, 0.05) is 20.1 Å². The Labute approximate surface area is 93.5 Å². The van der Waals surface area contributed by atoms with Gasteiger partial charge in [0.15, 0.2) is 0 Å². The van der Waals surface area contributed by atoms with Crippen LogP contribution in [0.25, 0.3) is 0 Å². The Kier molecular flexibility index (Phi) is 4.48. The number of carbonyl (C=O) groups is 1. The van der Waals surface area contributed by atoms with Crippen LogP contribution in [0.15, 0.2) is 0 Å². The Balaban J connectivity index is 2.63. The van der Waals surface area contributed by atoms with Crippen molar-refractivity contribution in [2.45, 2.75) is 20.3 Å². The minimum absolute atomic E-state index is 0.0699. The Morgan fingerprint density at radius 2 is 2.20 bits per heavy atom. The van der Waals surface area contributed by atoms with Gasteiger partial charge in [-0.2, -0.15) is 0 Å². The molecule has 1 rings (SSSR count). The van der Waals surface area contributed by atoms with Crippen molar-refractivity contribution in [1.29, 1.82) is 0 Å². The molecule has 15 heavy (non-hydrogen) atoms. The zero-order chi connectivity index (χ0) is 11.3. The maximum Gasteiger partial charge on any atom is 0.284 e. The predicted molar refractivity (Wildman–Crippen MR) is 61.3 cm³/mol. The summed E-state index contributed by atoms with van der Waals surface area (Å²) in [5, 5.41) is 12.0. The molecule has 6 heteroatoms. The number of nitrogens with one attached hydrogen (secondary N) is 1. The second-order valence-electron chi connectivity index (χ2n) is 3.16. The van der Waals surface area contributed by atoms with Gasteiger partial charge in [0.2, 0.25) is 10.1 Å². The van der Waals surface area contributed by atoms with Crippen LogP contribution in [0.1, 0.15) is 30.1 Å². The largest absolute Gasteiger partial charge is 0.360 e. The molecule has 0 saturated heterocycles. The Hall–Kier alpha value is -1.17.